The van der Waals surface area contributed by atoms with Gasteiger partial charge in [0.25, 0.3) is 0 Å². The molecule has 18 aliphatic carbocycles. The highest BCUT2D eigenvalue weighted by Gasteiger charge is 2.62. The lowest BCUT2D eigenvalue weighted by Crippen LogP contribution is -2.42. The Bertz CT molecular complexity index is 6150. The summed E-state index contributed by atoms with van der Waals surface area (Å²) in [6.45, 7) is 13.1. The maximum absolute atomic E-state index is 12.7. The molecule has 16 nitrogen and oxygen atoms in total. The lowest BCUT2D eigenvalue weighted by Gasteiger charge is -2.48. The van der Waals surface area contributed by atoms with Crippen LogP contribution in [0.25, 0.3) is 0 Å². The van der Waals surface area contributed by atoms with Crippen molar-refractivity contribution in [1.82, 2.24) is 0 Å². The molecule has 0 aliphatic heterocycles. The lowest BCUT2D eigenvalue weighted by atomic mass is 9.55. The van der Waals surface area contributed by atoms with E-state index >= 15 is 0 Å². The van der Waals surface area contributed by atoms with E-state index in [2.05, 4.69) is 123 Å². The Labute approximate surface area is 817 Å². The number of carbonyl (C=O) groups is 6. The Morgan fingerprint density at radius 1 is 0.356 bits per heavy atom. The number of hydrogen-bond donors (Lipinski definition) is 4. The van der Waals surface area contributed by atoms with E-state index in [9.17, 15) is 86.6 Å². The second-order valence-electron chi connectivity index (χ2n) is 45.2. The number of alkyl halides is 3. The van der Waals surface area contributed by atoms with Gasteiger partial charge in [-0.2, -0.15) is 37.4 Å². The number of aromatic hydroxyl groups is 4. The number of fused-ring (bicyclic) bond motifs is 30. The van der Waals surface area contributed by atoms with E-state index in [1.54, 1.807) is 12.1 Å². The van der Waals surface area contributed by atoms with Crippen LogP contribution in [0.4, 0.5) is 13.2 Å². The molecule has 0 aromatic heterocycles. The van der Waals surface area contributed by atoms with Crippen LogP contribution in [0.15, 0.2) is 92.3 Å². The van der Waals surface area contributed by atoms with Crippen molar-refractivity contribution in [2.24, 2.45) is 104 Å². The Morgan fingerprint density at radius 2 is 0.681 bits per heavy atom. The summed E-state index contributed by atoms with van der Waals surface area (Å²) in [5.74, 6) is 12.8. The predicted molar refractivity (Wildman–Crippen MR) is 516 cm³/mol. The predicted octanol–water partition coefficient (Wildman–Crippen LogP) is 25.6. The number of rotatable bonds is 2. The van der Waals surface area contributed by atoms with Crippen LogP contribution in [0.5, 0.6) is 28.7 Å². The van der Waals surface area contributed by atoms with E-state index in [4.69, 9.17) is 0 Å². The number of hydrogen-bond acceptors (Lipinski definition) is 16. The highest BCUT2D eigenvalue weighted by Crippen LogP contribution is 2.68. The molecule has 0 radical (unpaired) electrons. The van der Waals surface area contributed by atoms with Crippen LogP contribution >= 0.6 is 47.8 Å². The molecule has 24 rings (SSSR count). The molecular formula is C112H125Br3F3N3O13S. The van der Waals surface area contributed by atoms with E-state index in [1.165, 1.54) is 56.5 Å². The lowest BCUT2D eigenvalue weighted by molar-refractivity contribution is -0.130. The molecule has 18 unspecified atom stereocenters. The largest absolute Gasteiger partial charge is 0.534 e. The molecule has 0 bridgehead atoms. The van der Waals surface area contributed by atoms with Gasteiger partial charge < -0.3 is 24.6 Å². The van der Waals surface area contributed by atoms with Crippen LogP contribution < -0.4 is 4.18 Å². The van der Waals surface area contributed by atoms with Gasteiger partial charge in [-0.05, 0) is 456 Å². The van der Waals surface area contributed by atoms with Gasteiger partial charge in [0.1, 0.15) is 69.8 Å². The maximum Gasteiger partial charge on any atom is 0.534 e. The number of halogens is 6. The van der Waals surface area contributed by atoms with Crippen molar-refractivity contribution in [2.45, 2.75) is 314 Å². The van der Waals surface area contributed by atoms with E-state index in [-0.39, 0.29) is 61.6 Å². The number of phenols is 4. The number of nitriles is 3. The van der Waals surface area contributed by atoms with Crippen molar-refractivity contribution < 1.29 is 75.0 Å². The molecule has 0 heterocycles. The molecule has 714 valence electrons. The molecule has 12 saturated carbocycles. The van der Waals surface area contributed by atoms with Gasteiger partial charge in [-0.1, -0.05) is 77.9 Å². The standard InChI is InChI=1S/C20H20F3NO4S.C19H21NO2.C19H21NO.C18H20Br2O2.C18H21BrO2.C18H22O2/c1-19-9-8-13-11-4-6-17(28-29(26,27)20(21,22)23)15(10-24)12(11)2-3-14(13)16(19)5-7-18(19)25;1-19-9-8-13-11-4-6-17(21)15(10-20)12(11)2-3-14(13)16(19)5-7-18(19)22;1-19-10-9-15-14-4-2-3-12(11-20)13(14)5-6-16(15)17(19)7-8-18(19)21;1-18-7-6-9-10(13(18)4-5-15(18)21)2-3-11-12(9)8-14(19)17(22)16(11)20;1-18-9-8-11-10-4-6-15(20)17(19)13(10)3-2-12(11)14(18)5-7-16(18)21;1-18-9-8-14-13-5-3-12(19)10-11(13)2-4-15(14)16(18)6-7-17(18)20/h4,6,13-14,16H,2-3,5,7-9H2,1H3;4,6,13-14,16,21H,2-3,5,7-9H2,1H3;2-4,15-17H,5-10H2,1H3;8-10,13,22H,2-7H2,1H3;4,6,11-12,14,20H,2-3,5,7-9H2,1H3;3,5,10,14-16,19H,2,4,6-9H2,1H3/t2*13?,14?,16?,19-;15?,16?,17?,19-;9?,10?,13?,18-;11?,12?,14?,18-;14?,15?,16?,18-/m000000/s1. The zero-order chi connectivity index (χ0) is 95.6. The Balaban J connectivity index is 0.000000104. The van der Waals surface area contributed by atoms with Gasteiger partial charge in [-0.3, -0.25) is 28.8 Å². The summed E-state index contributed by atoms with van der Waals surface area (Å²) in [4.78, 5) is 74.0. The molecule has 0 amide bonds. The molecular weight excluding hydrogens is 1920 g/mol. The Kier molecular flexibility index (Phi) is 25.5. The van der Waals surface area contributed by atoms with Crippen LogP contribution in [0.3, 0.4) is 0 Å². The summed E-state index contributed by atoms with van der Waals surface area (Å²) >= 11 is 10.6. The van der Waals surface area contributed by atoms with Crippen molar-refractivity contribution in [3.8, 4) is 47.0 Å². The Hall–Kier alpha value is -8.01. The van der Waals surface area contributed by atoms with Gasteiger partial charge in [0.05, 0.1) is 36.2 Å². The van der Waals surface area contributed by atoms with Crippen molar-refractivity contribution in [2.75, 3.05) is 0 Å². The SMILES string of the molecule is C[C@]12CCC3c4cc(Br)c(O)c(Br)c4CCC3C1CCC2=O.C[C@]12CCC3c4ccc(O)c(Br)c4CCC3C1CCC2=O.C[C@]12CCC3c4ccc(O)c(C#N)c4CCC3C1CCC2=O.C[C@]12CCC3c4ccc(O)cc4CCC3C1CCC2=O.C[C@]12CCC3c4ccc(OS(=O)(=O)C(F)(F)F)c(C#N)c4CCC3C1CCC2=O.C[C@]12CCC3c4cccc(C#N)c4CCC3C1CCC2=O. The second-order valence-corrected chi connectivity index (χ2v) is 49.1. The highest BCUT2D eigenvalue weighted by atomic mass is 79.9. The van der Waals surface area contributed by atoms with Crippen LogP contribution in [0.1, 0.15) is 353 Å². The van der Waals surface area contributed by atoms with Gasteiger partial charge in [0.2, 0.25) is 0 Å². The minimum absolute atomic E-state index is 0.0322. The van der Waals surface area contributed by atoms with Crippen LogP contribution in [0, 0.1) is 137 Å². The molecule has 24 atom stereocenters. The molecule has 18 aliphatic rings. The maximum atomic E-state index is 12.7. The molecule has 0 spiro atoms. The Morgan fingerprint density at radius 3 is 1.07 bits per heavy atom. The van der Waals surface area contributed by atoms with E-state index < -0.39 is 21.4 Å². The minimum atomic E-state index is -5.85. The first-order valence-corrected chi connectivity index (χ1v) is 54.1. The third-order valence-corrected chi connectivity index (χ3v) is 43.4. The monoisotopic (exact) mass is 2050 g/mol. The zero-order valence-corrected chi connectivity index (χ0v) is 83.9. The van der Waals surface area contributed by atoms with E-state index in [0.717, 1.165) is 248 Å². The fourth-order valence-electron chi connectivity index (χ4n) is 33.0. The molecule has 0 saturated heterocycles. The normalized spacial score (nSPS) is 36.1. The van der Waals surface area contributed by atoms with Crippen molar-refractivity contribution >= 4 is 92.6 Å². The molecule has 135 heavy (non-hydrogen) atoms. The van der Waals surface area contributed by atoms with Crippen LogP contribution in [-0.4, -0.2) is 69.1 Å². The smallest absolute Gasteiger partial charge is 0.508 e. The van der Waals surface area contributed by atoms with Gasteiger partial charge in [0.15, 0.2) is 5.75 Å². The topological polar surface area (TPSA) is 298 Å². The molecule has 6 aromatic carbocycles. The molecule has 23 heteroatoms. The zero-order valence-electron chi connectivity index (χ0n) is 78.3. The molecule has 4 N–H and O–H groups in total. The number of nitrogens with zero attached hydrogens (tertiary/aromatic N) is 3. The summed E-state index contributed by atoms with van der Waals surface area (Å²) < 4.78 is 67.6. The number of aryl methyl sites for hydroxylation is 1. The van der Waals surface area contributed by atoms with Crippen LogP contribution in [-0.2, 0) is 77.4 Å². The number of benzene rings is 6. The van der Waals surface area contributed by atoms with E-state index in [1.807, 2.05) is 49.4 Å². The third-order valence-electron chi connectivity index (χ3n) is 40.1. The molecule has 6 aromatic rings. The number of Topliss-reactive ketones (excluding diaryl/α,β-unsaturated/α-hetero) is 6. The first-order chi connectivity index (χ1) is 64.2. The summed E-state index contributed by atoms with van der Waals surface area (Å²) in [7, 11) is -5.85. The van der Waals surface area contributed by atoms with Crippen molar-refractivity contribution in [3.05, 3.63) is 176 Å². The first-order valence-electron chi connectivity index (χ1n) is 50.3. The second kappa shape index (κ2) is 35.9. The summed E-state index contributed by atoms with van der Waals surface area (Å²) in [5, 5.41) is 67.8. The van der Waals surface area contributed by atoms with Gasteiger partial charge in [-0.25, -0.2) is 0 Å². The van der Waals surface area contributed by atoms with E-state index in [0.29, 0.717) is 165 Å². The van der Waals surface area contributed by atoms with Gasteiger partial charge >= 0.3 is 15.6 Å². The first kappa shape index (κ1) is 95.9. The highest BCUT2D eigenvalue weighted by molar-refractivity contribution is 9.11. The molecule has 12 fully saturated rings. The number of ketones is 6. The quantitative estimate of drug-likeness (QED) is 0.0925. The third kappa shape index (κ3) is 15.8. The van der Waals surface area contributed by atoms with Crippen molar-refractivity contribution in [1.29, 1.82) is 15.8 Å². The summed E-state index contributed by atoms with van der Waals surface area (Å²) in [5.41, 5.74) is 9.59. The van der Waals surface area contributed by atoms with Gasteiger partial charge in [0, 0.05) is 71.0 Å². The van der Waals surface area contributed by atoms with Crippen LogP contribution in [0.2, 0.25) is 0 Å². The average molecular weight is 2050 g/mol. The fourth-order valence-corrected chi connectivity index (χ4v) is 35.3. The summed E-state index contributed by atoms with van der Waals surface area (Å²) in [6, 6.07) is 31.0. The number of phenolic OH excluding ortho intramolecular Hbond substituents is 4. The summed E-state index contributed by atoms with van der Waals surface area (Å²) in [6.07, 6.45) is 34.7. The number of carbonyl (C=O) groups excluding carboxylic acids is 6. The van der Waals surface area contributed by atoms with Crippen molar-refractivity contribution in [3.63, 3.8) is 0 Å². The fraction of sp³-hybridized carbons (Fsp3) is 0.598. The average Bonchev–Trinajstić information content (AvgIpc) is 1.58. The minimum Gasteiger partial charge on any atom is -0.508 e. The van der Waals surface area contributed by atoms with Gasteiger partial charge in [-0.15, -0.1) is 0 Å².